The average molecular weight is 663 g/mol. The molecule has 2 aliphatic heterocycles. The van der Waals surface area contributed by atoms with Crippen molar-refractivity contribution in [1.29, 1.82) is 0 Å². The van der Waals surface area contributed by atoms with Crippen LogP contribution in [0.1, 0.15) is 87.0 Å². The van der Waals surface area contributed by atoms with Crippen LogP contribution in [0.25, 0.3) is 0 Å². The van der Waals surface area contributed by atoms with Crippen molar-refractivity contribution in [2.75, 3.05) is 13.2 Å². The van der Waals surface area contributed by atoms with Gasteiger partial charge in [-0.2, -0.15) is 0 Å². The van der Waals surface area contributed by atoms with E-state index < -0.39 is 72.6 Å². The number of ether oxygens (including phenoxy) is 7. The van der Waals surface area contributed by atoms with Gasteiger partial charge in [-0.1, -0.05) is 26.8 Å². The van der Waals surface area contributed by atoms with Gasteiger partial charge in [0.15, 0.2) is 12.2 Å². The largest absolute Gasteiger partial charge is 0.463 e. The maximum atomic E-state index is 14.2. The summed E-state index contributed by atoms with van der Waals surface area (Å²) in [5, 5.41) is 0. The molecule has 13 nitrogen and oxygen atoms in total. The molecule has 9 atom stereocenters. The van der Waals surface area contributed by atoms with E-state index in [9.17, 15) is 28.8 Å². The quantitative estimate of drug-likeness (QED) is 0.246. The van der Waals surface area contributed by atoms with Gasteiger partial charge in [0.05, 0.1) is 0 Å². The topological polar surface area (TPSA) is 167 Å². The molecule has 0 unspecified atom stereocenters. The van der Waals surface area contributed by atoms with Crippen LogP contribution in [-0.4, -0.2) is 79.7 Å². The highest BCUT2D eigenvalue weighted by Gasteiger charge is 2.57. The zero-order valence-corrected chi connectivity index (χ0v) is 28.2. The van der Waals surface area contributed by atoms with E-state index in [0.717, 1.165) is 52.0 Å². The fourth-order valence-corrected chi connectivity index (χ4v) is 7.87. The first-order valence-corrected chi connectivity index (χ1v) is 16.1. The summed E-state index contributed by atoms with van der Waals surface area (Å²) in [7, 11) is 0. The predicted octanol–water partition coefficient (Wildman–Crippen LogP) is 3.66. The van der Waals surface area contributed by atoms with Gasteiger partial charge in [-0.3, -0.25) is 19.2 Å². The van der Waals surface area contributed by atoms with Gasteiger partial charge in [0.25, 0.3) is 0 Å². The number of cyclic esters (lactones) is 1. The Hall–Kier alpha value is -3.74. The minimum absolute atomic E-state index is 0.111. The van der Waals surface area contributed by atoms with Gasteiger partial charge < -0.3 is 33.2 Å². The van der Waals surface area contributed by atoms with E-state index in [2.05, 4.69) is 20.8 Å². The summed E-state index contributed by atoms with van der Waals surface area (Å²) in [5.74, 6) is -3.53. The molecule has 260 valence electrons. The van der Waals surface area contributed by atoms with Crippen molar-refractivity contribution in [2.45, 2.75) is 118 Å². The van der Waals surface area contributed by atoms with Gasteiger partial charge in [0.2, 0.25) is 12.4 Å². The zero-order chi connectivity index (χ0) is 34.7. The predicted molar refractivity (Wildman–Crippen MR) is 162 cm³/mol. The second kappa shape index (κ2) is 14.6. The summed E-state index contributed by atoms with van der Waals surface area (Å²) < 4.78 is 38.6. The molecule has 1 saturated carbocycles. The van der Waals surface area contributed by atoms with E-state index in [1.807, 2.05) is 6.08 Å². The number of carbonyl (C=O) groups is 6. The fraction of sp³-hybridized carbons (Fsp3) is 0.706. The molecule has 2 heterocycles. The van der Waals surface area contributed by atoms with Crippen molar-refractivity contribution in [3.05, 3.63) is 23.3 Å². The van der Waals surface area contributed by atoms with Gasteiger partial charge in [-0.15, -0.1) is 0 Å². The first-order chi connectivity index (χ1) is 22.0. The molecule has 0 radical (unpaired) electrons. The molecule has 0 N–H and O–H groups in total. The maximum absolute atomic E-state index is 14.2. The Labute approximate surface area is 274 Å². The number of rotatable bonds is 10. The lowest BCUT2D eigenvalue weighted by molar-refractivity contribution is -0.300. The highest BCUT2D eigenvalue weighted by Crippen LogP contribution is 2.62. The molecule has 4 aliphatic rings. The van der Waals surface area contributed by atoms with E-state index in [0.29, 0.717) is 30.9 Å². The van der Waals surface area contributed by atoms with Crippen LogP contribution in [0.15, 0.2) is 23.3 Å². The van der Waals surface area contributed by atoms with E-state index in [1.54, 1.807) is 6.08 Å². The first kappa shape index (κ1) is 36.1. The smallest absolute Gasteiger partial charge is 0.336 e. The fourth-order valence-electron chi connectivity index (χ4n) is 7.87. The average Bonchev–Trinajstić information content (AvgIpc) is 3.40. The third kappa shape index (κ3) is 8.05. The monoisotopic (exact) mass is 662 g/mol. The van der Waals surface area contributed by atoms with Crippen molar-refractivity contribution in [1.82, 2.24) is 0 Å². The van der Waals surface area contributed by atoms with Crippen molar-refractivity contribution in [3.8, 4) is 0 Å². The summed E-state index contributed by atoms with van der Waals surface area (Å²) >= 11 is 0. The Morgan fingerprint density at radius 3 is 2.11 bits per heavy atom. The first-order valence-electron chi connectivity index (χ1n) is 16.1. The Morgan fingerprint density at radius 2 is 1.51 bits per heavy atom. The molecule has 2 aliphatic carbocycles. The molecule has 0 spiro atoms. The number of hydrogen-bond acceptors (Lipinski definition) is 13. The molecule has 4 rings (SSSR count). The van der Waals surface area contributed by atoms with Crippen molar-refractivity contribution in [2.24, 2.45) is 22.7 Å². The van der Waals surface area contributed by atoms with Crippen LogP contribution in [0.5, 0.6) is 0 Å². The lowest BCUT2D eigenvalue weighted by Crippen LogP contribution is -2.63. The van der Waals surface area contributed by atoms with Gasteiger partial charge in [0.1, 0.15) is 19.3 Å². The van der Waals surface area contributed by atoms with Gasteiger partial charge in [-0.25, -0.2) is 9.59 Å². The van der Waals surface area contributed by atoms with Crippen molar-refractivity contribution < 1.29 is 61.9 Å². The van der Waals surface area contributed by atoms with E-state index in [4.69, 9.17) is 33.2 Å². The lowest BCUT2D eigenvalue weighted by Gasteiger charge is -2.58. The van der Waals surface area contributed by atoms with E-state index in [1.165, 1.54) is 6.92 Å². The minimum Gasteiger partial charge on any atom is -0.463 e. The van der Waals surface area contributed by atoms with Gasteiger partial charge in [-0.05, 0) is 61.3 Å². The Morgan fingerprint density at radius 1 is 0.872 bits per heavy atom. The van der Waals surface area contributed by atoms with Crippen LogP contribution in [0.4, 0.5) is 0 Å². The third-order valence-corrected chi connectivity index (χ3v) is 10.3. The minimum atomic E-state index is -1.60. The maximum Gasteiger partial charge on any atom is 0.336 e. The van der Waals surface area contributed by atoms with Crippen LogP contribution >= 0.6 is 0 Å². The summed E-state index contributed by atoms with van der Waals surface area (Å²) in [4.78, 5) is 74.0. The van der Waals surface area contributed by atoms with Crippen LogP contribution in [-0.2, 0) is 61.9 Å². The molecular weight excluding hydrogens is 616 g/mol. The zero-order valence-electron chi connectivity index (χ0n) is 28.2. The molecule has 0 aromatic heterocycles. The number of allylic oxidation sites excluding steroid dienone is 1. The second-order valence-corrected chi connectivity index (χ2v) is 13.5. The van der Waals surface area contributed by atoms with Crippen LogP contribution in [0.3, 0.4) is 0 Å². The highest BCUT2D eigenvalue weighted by molar-refractivity contribution is 5.90. The summed E-state index contributed by atoms with van der Waals surface area (Å²) in [6.07, 6.45) is 0.919. The van der Waals surface area contributed by atoms with Crippen LogP contribution in [0.2, 0.25) is 0 Å². The summed E-state index contributed by atoms with van der Waals surface area (Å²) in [5.41, 5.74) is 0.711. The molecule has 0 aromatic carbocycles. The van der Waals surface area contributed by atoms with Gasteiger partial charge in [0, 0.05) is 44.8 Å². The molecular formula is C34H46O13. The van der Waals surface area contributed by atoms with Crippen molar-refractivity contribution in [3.63, 3.8) is 0 Å². The number of esters is 6. The van der Waals surface area contributed by atoms with Crippen LogP contribution in [0, 0.1) is 22.7 Å². The lowest BCUT2D eigenvalue weighted by atomic mass is 9.46. The Bertz CT molecular complexity index is 1330. The molecule has 0 amide bonds. The molecule has 47 heavy (non-hydrogen) atoms. The molecule has 1 saturated heterocycles. The Kier molecular flexibility index (Phi) is 11.2. The highest BCUT2D eigenvalue weighted by atomic mass is 16.7. The van der Waals surface area contributed by atoms with E-state index in [-0.39, 0.29) is 17.3 Å². The molecule has 2 fully saturated rings. The number of fused-ring (bicyclic) bond motifs is 1. The molecule has 13 heteroatoms. The summed E-state index contributed by atoms with van der Waals surface area (Å²) in [6, 6.07) is 0. The standard InChI is InChI=1S/C34H46O13/c1-18-11-13-34(7)24(9-8-10-26(34)33(18,6)14-12-23-15-27(39)42-16-23)31(40)47-32-30(45-22(5)38)29(44-21(4)37)28(43-20(3)36)25(46-32)17-41-19(2)35/h9,15,18,25-26,28-30,32H,8,10-14,16-17H2,1-7H3/t18-,25-,26-,28+,29+,30-,32+,33+,34-/m1/s1. The van der Waals surface area contributed by atoms with E-state index >= 15 is 0 Å². The van der Waals surface area contributed by atoms with Crippen LogP contribution < -0.4 is 0 Å². The van der Waals surface area contributed by atoms with Crippen molar-refractivity contribution >= 4 is 35.8 Å². The normalized spacial score (nSPS) is 34.9. The second-order valence-electron chi connectivity index (χ2n) is 13.5. The van der Waals surface area contributed by atoms with Gasteiger partial charge >= 0.3 is 35.8 Å². The third-order valence-electron chi connectivity index (χ3n) is 10.3. The number of carbonyl (C=O) groups excluding carboxylic acids is 6. The summed E-state index contributed by atoms with van der Waals surface area (Å²) in [6.45, 7) is 11.0. The molecule has 0 aromatic rings. The molecule has 0 bridgehead atoms. The SMILES string of the molecule is CC(=O)OC[C@H]1O[C@@H](OC(=O)C2=CCC[C@@H]3[C@@](C)(CCC4=CC(=O)OC4)[C@H](C)CC[C@]23C)[C@H](OC(C)=O)[C@@H](OC(C)=O)[C@H]1OC(C)=O. The Balaban J connectivity index is 1.63. The number of hydrogen-bond donors (Lipinski definition) is 0.